The molecule has 0 saturated heterocycles. The Hall–Kier alpha value is -1.37. The van der Waals surface area contributed by atoms with E-state index in [1.165, 1.54) is 28.2 Å². The lowest BCUT2D eigenvalue weighted by Gasteiger charge is -2.20. The van der Waals surface area contributed by atoms with E-state index >= 15 is 0 Å². The Labute approximate surface area is 119 Å². The van der Waals surface area contributed by atoms with Gasteiger partial charge < -0.3 is 4.90 Å². The van der Waals surface area contributed by atoms with Crippen LogP contribution >= 0.6 is 22.7 Å². The average Bonchev–Trinajstić information content (AvgIpc) is 3.07. The summed E-state index contributed by atoms with van der Waals surface area (Å²) in [5, 5.41) is 0. The molecule has 1 aliphatic rings. The first-order chi connectivity index (χ1) is 9.33. The molecule has 0 unspecified atom stereocenters. The highest BCUT2D eigenvalue weighted by atomic mass is 32.1. The second-order valence-corrected chi connectivity index (χ2v) is 6.23. The van der Waals surface area contributed by atoms with Crippen LogP contribution in [-0.4, -0.2) is 33.4 Å². The summed E-state index contributed by atoms with van der Waals surface area (Å²) in [5.41, 5.74) is 6.05. The first kappa shape index (κ1) is 12.7. The maximum absolute atomic E-state index is 4.28. The SMILES string of the molecule is CN1CCc2scnc2C1.c1cc2scnc2cn1. The molecule has 0 N–H and O–H groups in total. The van der Waals surface area contributed by atoms with Crippen LogP contribution < -0.4 is 0 Å². The van der Waals surface area contributed by atoms with E-state index in [1.54, 1.807) is 35.1 Å². The number of nitrogens with zero attached hydrogens (tertiary/aromatic N) is 4. The molecule has 0 saturated carbocycles. The van der Waals surface area contributed by atoms with Crippen LogP contribution in [-0.2, 0) is 13.0 Å². The van der Waals surface area contributed by atoms with Crippen molar-refractivity contribution < 1.29 is 0 Å². The molecule has 4 heterocycles. The maximum atomic E-state index is 4.28. The van der Waals surface area contributed by atoms with Gasteiger partial charge in [0.1, 0.15) is 0 Å². The van der Waals surface area contributed by atoms with E-state index in [0.29, 0.717) is 0 Å². The molecule has 0 fully saturated rings. The smallest absolute Gasteiger partial charge is 0.0995 e. The van der Waals surface area contributed by atoms with Gasteiger partial charge in [-0.2, -0.15) is 0 Å². The van der Waals surface area contributed by atoms with Crippen LogP contribution in [0.2, 0.25) is 0 Å². The Bertz CT molecular complexity index is 631. The monoisotopic (exact) mass is 290 g/mol. The minimum atomic E-state index is 0.988. The van der Waals surface area contributed by atoms with Crippen molar-refractivity contribution in [1.29, 1.82) is 0 Å². The summed E-state index contributed by atoms with van der Waals surface area (Å²) in [6.07, 6.45) is 4.74. The first-order valence-electron chi connectivity index (χ1n) is 6.06. The van der Waals surface area contributed by atoms with Gasteiger partial charge >= 0.3 is 0 Å². The summed E-state index contributed by atoms with van der Waals surface area (Å²) in [6.45, 7) is 2.23. The topological polar surface area (TPSA) is 41.9 Å². The number of hydrogen-bond donors (Lipinski definition) is 0. The summed E-state index contributed by atoms with van der Waals surface area (Å²) in [4.78, 5) is 16.1. The maximum Gasteiger partial charge on any atom is 0.0995 e. The number of hydrogen-bond acceptors (Lipinski definition) is 6. The highest BCUT2D eigenvalue weighted by Gasteiger charge is 2.14. The molecule has 4 rings (SSSR count). The molecule has 4 nitrogen and oxygen atoms in total. The van der Waals surface area contributed by atoms with Gasteiger partial charge in [0.05, 0.1) is 33.1 Å². The fraction of sp³-hybridized carbons (Fsp3) is 0.308. The predicted molar refractivity (Wildman–Crippen MR) is 79.6 cm³/mol. The predicted octanol–water partition coefficient (Wildman–Crippen LogP) is 2.82. The van der Waals surface area contributed by atoms with Gasteiger partial charge in [0, 0.05) is 24.2 Å². The first-order valence-corrected chi connectivity index (χ1v) is 7.82. The van der Waals surface area contributed by atoms with Crippen molar-refractivity contribution in [3.05, 3.63) is 40.1 Å². The van der Waals surface area contributed by atoms with Crippen molar-refractivity contribution in [1.82, 2.24) is 19.9 Å². The Morgan fingerprint density at radius 3 is 3.00 bits per heavy atom. The molecule has 0 aromatic carbocycles. The molecule has 3 aromatic heterocycles. The summed E-state index contributed by atoms with van der Waals surface area (Å²) in [5.74, 6) is 0. The zero-order valence-electron chi connectivity index (χ0n) is 10.6. The number of aromatic nitrogens is 3. The van der Waals surface area contributed by atoms with Gasteiger partial charge in [-0.25, -0.2) is 9.97 Å². The van der Waals surface area contributed by atoms with Crippen molar-refractivity contribution in [2.45, 2.75) is 13.0 Å². The lowest BCUT2D eigenvalue weighted by atomic mass is 10.2. The van der Waals surface area contributed by atoms with E-state index in [9.17, 15) is 0 Å². The van der Waals surface area contributed by atoms with Crippen LogP contribution in [0.3, 0.4) is 0 Å². The van der Waals surface area contributed by atoms with Crippen molar-refractivity contribution in [3.8, 4) is 0 Å². The Morgan fingerprint density at radius 2 is 2.11 bits per heavy atom. The molecule has 98 valence electrons. The number of likely N-dealkylation sites (N-methyl/N-ethyl adjacent to an activating group) is 1. The molecular formula is C13H14N4S2. The van der Waals surface area contributed by atoms with Crippen molar-refractivity contribution in [2.24, 2.45) is 0 Å². The fourth-order valence-corrected chi connectivity index (χ4v) is 3.38. The molecule has 6 heteroatoms. The van der Waals surface area contributed by atoms with Crippen LogP contribution in [0.25, 0.3) is 10.2 Å². The van der Waals surface area contributed by atoms with E-state index < -0.39 is 0 Å². The van der Waals surface area contributed by atoms with Crippen molar-refractivity contribution in [3.63, 3.8) is 0 Å². The van der Waals surface area contributed by atoms with Gasteiger partial charge in [-0.1, -0.05) is 0 Å². The lowest BCUT2D eigenvalue weighted by molar-refractivity contribution is 0.311. The quantitative estimate of drug-likeness (QED) is 0.638. The van der Waals surface area contributed by atoms with Gasteiger partial charge in [0.25, 0.3) is 0 Å². The summed E-state index contributed by atoms with van der Waals surface area (Å²) < 4.78 is 1.20. The molecular weight excluding hydrogens is 276 g/mol. The number of rotatable bonds is 0. The highest BCUT2D eigenvalue weighted by Crippen LogP contribution is 2.19. The standard InChI is InChI=1S/C7H10N2S.C6H4N2S/c1-9-3-2-7-6(4-9)8-5-10-7;1-2-7-3-5-6(1)9-4-8-5/h5H,2-4H2,1H3;1-4H. The van der Waals surface area contributed by atoms with Crippen molar-refractivity contribution in [2.75, 3.05) is 13.6 Å². The van der Waals surface area contributed by atoms with E-state index in [-0.39, 0.29) is 0 Å². The van der Waals surface area contributed by atoms with Crippen LogP contribution in [0.4, 0.5) is 0 Å². The number of thiazole rings is 2. The molecule has 0 bridgehead atoms. The van der Waals surface area contributed by atoms with Crippen LogP contribution in [0, 0.1) is 0 Å². The Balaban J connectivity index is 0.000000117. The second-order valence-electron chi connectivity index (χ2n) is 4.41. The van der Waals surface area contributed by atoms with Gasteiger partial charge in [-0.3, -0.25) is 4.98 Å². The summed E-state index contributed by atoms with van der Waals surface area (Å²) >= 11 is 3.43. The van der Waals surface area contributed by atoms with Crippen LogP contribution in [0.1, 0.15) is 10.6 Å². The number of pyridine rings is 1. The Morgan fingerprint density at radius 1 is 1.21 bits per heavy atom. The zero-order valence-corrected chi connectivity index (χ0v) is 12.2. The lowest BCUT2D eigenvalue weighted by Crippen LogP contribution is -2.25. The molecule has 0 aliphatic carbocycles. The third-order valence-corrected chi connectivity index (χ3v) is 4.74. The second kappa shape index (κ2) is 5.73. The molecule has 3 aromatic rings. The molecule has 0 amide bonds. The molecule has 1 aliphatic heterocycles. The van der Waals surface area contributed by atoms with E-state index in [1.807, 2.05) is 17.1 Å². The van der Waals surface area contributed by atoms with E-state index in [2.05, 4.69) is 26.9 Å². The third kappa shape index (κ3) is 2.97. The molecule has 19 heavy (non-hydrogen) atoms. The van der Waals surface area contributed by atoms with Gasteiger partial charge in [0.15, 0.2) is 0 Å². The highest BCUT2D eigenvalue weighted by molar-refractivity contribution is 7.16. The Kier molecular flexibility index (Phi) is 3.82. The fourth-order valence-electron chi connectivity index (χ4n) is 1.96. The minimum absolute atomic E-state index is 0.988. The van der Waals surface area contributed by atoms with Gasteiger partial charge in [0.2, 0.25) is 0 Å². The normalized spacial score (nSPS) is 14.8. The van der Waals surface area contributed by atoms with Crippen LogP contribution in [0.5, 0.6) is 0 Å². The summed E-state index contributed by atoms with van der Waals surface area (Å²) in [7, 11) is 2.14. The third-order valence-electron chi connectivity index (χ3n) is 3.00. The van der Waals surface area contributed by atoms with Gasteiger partial charge in [-0.05, 0) is 19.5 Å². The zero-order chi connectivity index (χ0) is 13.1. The molecule has 0 radical (unpaired) electrons. The number of fused-ring (bicyclic) bond motifs is 2. The van der Waals surface area contributed by atoms with E-state index in [4.69, 9.17) is 0 Å². The largest absolute Gasteiger partial charge is 0.300 e. The molecule has 0 spiro atoms. The van der Waals surface area contributed by atoms with Gasteiger partial charge in [-0.15, -0.1) is 22.7 Å². The van der Waals surface area contributed by atoms with E-state index in [0.717, 1.165) is 12.1 Å². The van der Waals surface area contributed by atoms with Crippen molar-refractivity contribution >= 4 is 32.9 Å². The minimum Gasteiger partial charge on any atom is -0.300 e. The average molecular weight is 290 g/mol. The molecule has 0 atom stereocenters. The van der Waals surface area contributed by atoms with Crippen LogP contribution in [0.15, 0.2) is 29.5 Å². The summed E-state index contributed by atoms with van der Waals surface area (Å²) in [6, 6.07) is 1.97.